The van der Waals surface area contributed by atoms with Crippen molar-refractivity contribution < 1.29 is 28.9 Å². The molecule has 7 heteroatoms. The molecule has 2 atom stereocenters. The number of carbonyl (C=O) groups excluding carboxylic acids is 2. The summed E-state index contributed by atoms with van der Waals surface area (Å²) < 4.78 is 15.8. The number of ether oxygens (including phenoxy) is 3. The number of benzene rings is 1. The zero-order valence-corrected chi connectivity index (χ0v) is 14.3. The van der Waals surface area contributed by atoms with Crippen LogP contribution in [-0.4, -0.2) is 42.7 Å². The molecule has 0 radical (unpaired) electrons. The maximum Gasteiger partial charge on any atom is 0.409 e. The molecular weight excluding hydrogens is 326 g/mol. The molecule has 1 amide bonds. The molecule has 1 rings (SSSR count). The maximum atomic E-state index is 12.0. The van der Waals surface area contributed by atoms with Crippen molar-refractivity contribution in [1.29, 1.82) is 0 Å². The zero-order valence-electron chi connectivity index (χ0n) is 14.3. The molecule has 0 fully saturated rings. The van der Waals surface area contributed by atoms with E-state index < -0.39 is 24.4 Å². The molecule has 25 heavy (non-hydrogen) atoms. The quantitative estimate of drug-likeness (QED) is 0.360. The Labute approximate surface area is 147 Å². The van der Waals surface area contributed by atoms with Crippen LogP contribution in [0.5, 0.6) is 0 Å². The molecule has 0 aliphatic rings. The highest BCUT2D eigenvalue weighted by Gasteiger charge is 2.27. The molecule has 1 aromatic rings. The third kappa shape index (κ3) is 8.88. The van der Waals surface area contributed by atoms with E-state index in [0.29, 0.717) is 12.8 Å². The number of hydrogen-bond donors (Lipinski definition) is 2. The Balaban J connectivity index is 2.65. The number of carbonyl (C=O) groups is 2. The molecule has 0 bridgehead atoms. The molecule has 0 spiro atoms. The summed E-state index contributed by atoms with van der Waals surface area (Å²) in [5, 5.41) is 11.5. The molecule has 1 aromatic carbocycles. The topological polar surface area (TPSA) is 94.1 Å². The number of esters is 1. The molecule has 0 aliphatic carbocycles. The highest BCUT2D eigenvalue weighted by atomic mass is 16.6. The van der Waals surface area contributed by atoms with Crippen molar-refractivity contribution in [3.63, 3.8) is 0 Å². The fourth-order valence-corrected chi connectivity index (χ4v) is 2.07. The van der Waals surface area contributed by atoms with E-state index in [1.807, 2.05) is 30.3 Å². The van der Waals surface area contributed by atoms with Crippen molar-refractivity contribution in [1.82, 2.24) is 5.32 Å². The van der Waals surface area contributed by atoms with Crippen molar-refractivity contribution in [2.75, 3.05) is 13.2 Å². The maximum absolute atomic E-state index is 12.0. The van der Waals surface area contributed by atoms with Crippen LogP contribution in [0.2, 0.25) is 0 Å². The Hall–Kier alpha value is -2.38. The first-order valence-electron chi connectivity index (χ1n) is 8.04. The Morgan fingerprint density at radius 3 is 2.64 bits per heavy atom. The molecule has 2 N–H and O–H groups in total. The Kier molecular flexibility index (Phi) is 9.96. The average Bonchev–Trinajstić information content (AvgIpc) is 2.61. The standard InChI is InChI=1S/C18H25NO6/c1-3-12-23-17(16(10-7-11-20)25-14(2)21)19-18(22)24-13-15-8-5-4-6-9-15/h3-6,8-9,16-17,20H,1,7,10-13H2,2H3,(H,19,22)/t16-,17-/m0/s1. The minimum atomic E-state index is -0.906. The number of rotatable bonds is 11. The highest BCUT2D eigenvalue weighted by molar-refractivity contribution is 5.68. The van der Waals surface area contributed by atoms with E-state index in [1.54, 1.807) is 0 Å². The first kappa shape index (κ1) is 20.7. The van der Waals surface area contributed by atoms with Gasteiger partial charge < -0.3 is 19.3 Å². The van der Waals surface area contributed by atoms with Crippen molar-refractivity contribution in [2.24, 2.45) is 0 Å². The summed E-state index contributed by atoms with van der Waals surface area (Å²) in [7, 11) is 0. The summed E-state index contributed by atoms with van der Waals surface area (Å²) in [5.41, 5.74) is 0.845. The summed E-state index contributed by atoms with van der Waals surface area (Å²) in [6.07, 6.45) is -0.102. The predicted octanol–water partition coefficient (Wildman–Crippen LogP) is 2.15. The van der Waals surface area contributed by atoms with Gasteiger partial charge in [-0.25, -0.2) is 4.79 Å². The molecule has 0 saturated carbocycles. The predicted molar refractivity (Wildman–Crippen MR) is 91.6 cm³/mol. The number of alkyl carbamates (subject to hydrolysis) is 1. The molecular formula is C18H25NO6. The number of hydrogen-bond acceptors (Lipinski definition) is 6. The lowest BCUT2D eigenvalue weighted by molar-refractivity contribution is -0.157. The minimum absolute atomic E-state index is 0.0651. The van der Waals surface area contributed by atoms with Crippen LogP contribution in [0.3, 0.4) is 0 Å². The molecule has 138 valence electrons. The monoisotopic (exact) mass is 351 g/mol. The van der Waals surface area contributed by atoms with Crippen LogP contribution < -0.4 is 5.32 Å². The van der Waals surface area contributed by atoms with E-state index >= 15 is 0 Å². The van der Waals surface area contributed by atoms with E-state index in [2.05, 4.69) is 11.9 Å². The SMILES string of the molecule is C=CCO[C@H](NC(=O)OCc1ccccc1)[C@H](CCCO)OC(C)=O. The Morgan fingerprint density at radius 1 is 1.32 bits per heavy atom. The number of amides is 1. The van der Waals surface area contributed by atoms with Gasteiger partial charge >= 0.3 is 12.1 Å². The van der Waals surface area contributed by atoms with Crippen LogP contribution in [0.4, 0.5) is 4.79 Å². The van der Waals surface area contributed by atoms with E-state index in [1.165, 1.54) is 13.0 Å². The zero-order chi connectivity index (χ0) is 18.5. The first-order valence-corrected chi connectivity index (χ1v) is 8.04. The van der Waals surface area contributed by atoms with Crippen molar-refractivity contribution in [3.8, 4) is 0 Å². The summed E-state index contributed by atoms with van der Waals surface area (Å²) >= 11 is 0. The molecule has 7 nitrogen and oxygen atoms in total. The average molecular weight is 351 g/mol. The molecule has 0 aliphatic heterocycles. The van der Waals surface area contributed by atoms with Gasteiger partial charge in [0.25, 0.3) is 0 Å². The number of aliphatic hydroxyl groups excluding tert-OH is 1. The summed E-state index contributed by atoms with van der Waals surface area (Å²) in [6, 6.07) is 9.23. The van der Waals surface area contributed by atoms with Crippen LogP contribution in [-0.2, 0) is 25.6 Å². The highest BCUT2D eigenvalue weighted by Crippen LogP contribution is 2.11. The fourth-order valence-electron chi connectivity index (χ4n) is 2.07. The number of nitrogens with one attached hydrogen (secondary N) is 1. The van der Waals surface area contributed by atoms with E-state index in [9.17, 15) is 9.59 Å². The minimum Gasteiger partial charge on any atom is -0.458 e. The van der Waals surface area contributed by atoms with Gasteiger partial charge in [-0.05, 0) is 18.4 Å². The second-order valence-electron chi connectivity index (χ2n) is 5.26. The lowest BCUT2D eigenvalue weighted by Gasteiger charge is -2.27. The van der Waals surface area contributed by atoms with Gasteiger partial charge in [0.2, 0.25) is 0 Å². The van der Waals surface area contributed by atoms with Crippen LogP contribution in [0.1, 0.15) is 25.3 Å². The second kappa shape index (κ2) is 12.0. The van der Waals surface area contributed by atoms with E-state index in [-0.39, 0.29) is 19.8 Å². The van der Waals surface area contributed by atoms with Gasteiger partial charge in [0, 0.05) is 13.5 Å². The smallest absolute Gasteiger partial charge is 0.409 e. The summed E-state index contributed by atoms with van der Waals surface area (Å²) in [4.78, 5) is 23.3. The molecule has 0 unspecified atom stereocenters. The largest absolute Gasteiger partial charge is 0.458 e. The van der Waals surface area contributed by atoms with Gasteiger partial charge in [0.15, 0.2) is 6.23 Å². The molecule has 0 heterocycles. The Morgan fingerprint density at radius 2 is 2.04 bits per heavy atom. The fraction of sp³-hybridized carbons (Fsp3) is 0.444. The van der Waals surface area contributed by atoms with Gasteiger partial charge in [0.05, 0.1) is 6.61 Å². The van der Waals surface area contributed by atoms with Gasteiger partial charge in [-0.3, -0.25) is 10.1 Å². The van der Waals surface area contributed by atoms with Crippen molar-refractivity contribution in [3.05, 3.63) is 48.6 Å². The van der Waals surface area contributed by atoms with Crippen molar-refractivity contribution >= 4 is 12.1 Å². The third-order valence-electron chi connectivity index (χ3n) is 3.17. The van der Waals surface area contributed by atoms with Gasteiger partial charge in [0.1, 0.15) is 12.7 Å². The first-order chi connectivity index (χ1) is 12.1. The molecule has 0 aromatic heterocycles. The summed E-state index contributed by atoms with van der Waals surface area (Å²) in [5.74, 6) is -0.505. The van der Waals surface area contributed by atoms with Crippen LogP contribution >= 0.6 is 0 Å². The Bertz CT molecular complexity index is 534. The van der Waals surface area contributed by atoms with Crippen LogP contribution in [0.15, 0.2) is 43.0 Å². The summed E-state index contributed by atoms with van der Waals surface area (Å²) in [6.45, 7) is 5.02. The normalized spacial score (nSPS) is 12.7. The van der Waals surface area contributed by atoms with Crippen molar-refractivity contribution in [2.45, 2.75) is 38.7 Å². The number of aliphatic hydroxyl groups is 1. The van der Waals surface area contributed by atoms with Crippen LogP contribution in [0, 0.1) is 0 Å². The van der Waals surface area contributed by atoms with Gasteiger partial charge in [-0.2, -0.15) is 0 Å². The van der Waals surface area contributed by atoms with Gasteiger partial charge in [-0.15, -0.1) is 6.58 Å². The lowest BCUT2D eigenvalue weighted by atomic mass is 10.1. The van der Waals surface area contributed by atoms with E-state index in [4.69, 9.17) is 19.3 Å². The third-order valence-corrected chi connectivity index (χ3v) is 3.17. The lowest BCUT2D eigenvalue weighted by Crippen LogP contribution is -2.47. The van der Waals surface area contributed by atoms with Gasteiger partial charge in [-0.1, -0.05) is 36.4 Å². The second-order valence-corrected chi connectivity index (χ2v) is 5.26. The van der Waals surface area contributed by atoms with Crippen LogP contribution in [0.25, 0.3) is 0 Å². The molecule has 0 saturated heterocycles. The van der Waals surface area contributed by atoms with E-state index in [0.717, 1.165) is 5.56 Å².